The lowest BCUT2D eigenvalue weighted by molar-refractivity contribution is 0.883. The van der Waals surface area contributed by atoms with Crippen LogP contribution in [0.3, 0.4) is 0 Å². The van der Waals surface area contributed by atoms with Gasteiger partial charge in [-0.1, -0.05) is 47.5 Å². The van der Waals surface area contributed by atoms with Gasteiger partial charge in [-0.25, -0.2) is 4.68 Å². The van der Waals surface area contributed by atoms with Gasteiger partial charge < -0.3 is 5.73 Å². The molecule has 4 heteroatoms. The molecular formula is C18H16N4. The van der Waals surface area contributed by atoms with Crippen LogP contribution in [0.4, 0.5) is 5.82 Å². The fourth-order valence-corrected chi connectivity index (χ4v) is 2.68. The maximum atomic E-state index is 9.42. The number of anilines is 1. The van der Waals surface area contributed by atoms with Crippen LogP contribution in [0.15, 0.2) is 48.5 Å². The average Bonchev–Trinajstić information content (AvgIpc) is 2.84. The van der Waals surface area contributed by atoms with Gasteiger partial charge in [0.15, 0.2) is 5.69 Å². The SMILES string of the molecule is Cc1cc(C)cc(-c2c(C#N)nn(-c3ccccc3)c2N)c1. The summed E-state index contributed by atoms with van der Waals surface area (Å²) in [4.78, 5) is 0. The van der Waals surface area contributed by atoms with Gasteiger partial charge in [-0.15, -0.1) is 0 Å². The lowest BCUT2D eigenvalue weighted by atomic mass is 10.0. The molecule has 3 rings (SSSR count). The van der Waals surface area contributed by atoms with Gasteiger partial charge in [0.25, 0.3) is 0 Å². The summed E-state index contributed by atoms with van der Waals surface area (Å²) in [6, 6.07) is 17.9. The summed E-state index contributed by atoms with van der Waals surface area (Å²) < 4.78 is 1.62. The third kappa shape index (κ3) is 2.33. The van der Waals surface area contributed by atoms with Crippen molar-refractivity contribution < 1.29 is 0 Å². The Bertz CT molecular complexity index is 850. The summed E-state index contributed by atoms with van der Waals surface area (Å²) in [6.45, 7) is 4.06. The van der Waals surface area contributed by atoms with Crippen molar-refractivity contribution in [3.8, 4) is 22.9 Å². The molecule has 1 aromatic heterocycles. The molecule has 0 aliphatic heterocycles. The van der Waals surface area contributed by atoms with Gasteiger partial charge in [0.2, 0.25) is 0 Å². The predicted molar refractivity (Wildman–Crippen MR) is 87.6 cm³/mol. The summed E-state index contributed by atoms with van der Waals surface area (Å²) in [5.74, 6) is 0.479. The van der Waals surface area contributed by atoms with Crippen molar-refractivity contribution in [2.24, 2.45) is 0 Å². The molecule has 2 N–H and O–H groups in total. The highest BCUT2D eigenvalue weighted by Crippen LogP contribution is 2.32. The Morgan fingerprint density at radius 1 is 1.05 bits per heavy atom. The predicted octanol–water partition coefficient (Wildman–Crippen LogP) is 3.61. The van der Waals surface area contributed by atoms with E-state index in [2.05, 4.69) is 17.2 Å². The lowest BCUT2D eigenvalue weighted by Gasteiger charge is -2.06. The van der Waals surface area contributed by atoms with Gasteiger partial charge in [0, 0.05) is 0 Å². The van der Waals surface area contributed by atoms with Gasteiger partial charge in [0.1, 0.15) is 11.9 Å². The van der Waals surface area contributed by atoms with E-state index >= 15 is 0 Å². The van der Waals surface area contributed by atoms with Crippen LogP contribution < -0.4 is 5.73 Å². The molecule has 0 radical (unpaired) electrons. The van der Waals surface area contributed by atoms with Gasteiger partial charge >= 0.3 is 0 Å². The zero-order valence-corrected chi connectivity index (χ0v) is 12.5. The van der Waals surface area contributed by atoms with Crippen molar-refractivity contribution in [1.82, 2.24) is 9.78 Å². The van der Waals surface area contributed by atoms with Gasteiger partial charge in [-0.2, -0.15) is 10.4 Å². The first-order valence-corrected chi connectivity index (χ1v) is 7.03. The molecule has 0 spiro atoms. The first-order valence-electron chi connectivity index (χ1n) is 7.03. The molecule has 3 aromatic rings. The van der Waals surface area contributed by atoms with Crippen LogP contribution in [0.2, 0.25) is 0 Å². The van der Waals surface area contributed by atoms with E-state index in [1.54, 1.807) is 4.68 Å². The Morgan fingerprint density at radius 2 is 1.68 bits per heavy atom. The van der Waals surface area contributed by atoms with Crippen molar-refractivity contribution in [1.29, 1.82) is 5.26 Å². The molecule has 0 amide bonds. The van der Waals surface area contributed by atoms with Crippen LogP contribution in [0.25, 0.3) is 16.8 Å². The van der Waals surface area contributed by atoms with Crippen LogP contribution in [0, 0.1) is 25.2 Å². The zero-order chi connectivity index (χ0) is 15.7. The monoisotopic (exact) mass is 288 g/mol. The van der Waals surface area contributed by atoms with E-state index in [0.29, 0.717) is 17.1 Å². The third-order valence-corrected chi connectivity index (χ3v) is 3.54. The first-order chi connectivity index (χ1) is 10.6. The maximum absolute atomic E-state index is 9.42. The van der Waals surface area contributed by atoms with Crippen molar-refractivity contribution in [3.63, 3.8) is 0 Å². The van der Waals surface area contributed by atoms with E-state index in [0.717, 1.165) is 22.4 Å². The topological polar surface area (TPSA) is 67.6 Å². The molecule has 4 nitrogen and oxygen atoms in total. The second-order valence-electron chi connectivity index (χ2n) is 5.34. The number of para-hydroxylation sites is 1. The number of aryl methyl sites for hydroxylation is 2. The van der Waals surface area contributed by atoms with Gasteiger partial charge in [0.05, 0.1) is 11.3 Å². The Balaban J connectivity index is 2.25. The molecule has 0 aliphatic rings. The summed E-state index contributed by atoms with van der Waals surface area (Å²) in [7, 11) is 0. The van der Waals surface area contributed by atoms with Crippen LogP contribution >= 0.6 is 0 Å². The third-order valence-electron chi connectivity index (χ3n) is 3.54. The lowest BCUT2D eigenvalue weighted by Crippen LogP contribution is -2.02. The van der Waals surface area contributed by atoms with Gasteiger partial charge in [-0.3, -0.25) is 0 Å². The molecule has 0 bridgehead atoms. The molecule has 22 heavy (non-hydrogen) atoms. The smallest absolute Gasteiger partial charge is 0.172 e. The number of rotatable bonds is 2. The molecular weight excluding hydrogens is 272 g/mol. The number of nitrogens with zero attached hydrogens (tertiary/aromatic N) is 3. The number of nitrogen functional groups attached to an aromatic ring is 1. The maximum Gasteiger partial charge on any atom is 0.172 e. The van der Waals surface area contributed by atoms with Gasteiger partial charge in [-0.05, 0) is 31.5 Å². The largest absolute Gasteiger partial charge is 0.383 e. The van der Waals surface area contributed by atoms with E-state index < -0.39 is 0 Å². The number of hydrogen-bond acceptors (Lipinski definition) is 3. The molecule has 0 unspecified atom stereocenters. The Labute approximate surface area is 129 Å². The van der Waals surface area contributed by atoms with Crippen molar-refractivity contribution in [2.75, 3.05) is 5.73 Å². The fraction of sp³-hybridized carbons (Fsp3) is 0.111. The molecule has 2 aromatic carbocycles. The molecule has 1 heterocycles. The minimum Gasteiger partial charge on any atom is -0.383 e. The summed E-state index contributed by atoms with van der Waals surface area (Å²) in [5, 5.41) is 13.8. The minimum atomic E-state index is 0.339. The summed E-state index contributed by atoms with van der Waals surface area (Å²) >= 11 is 0. The standard InChI is InChI=1S/C18H16N4/c1-12-8-13(2)10-14(9-12)17-16(11-19)21-22(18(17)20)15-6-4-3-5-7-15/h3-10H,20H2,1-2H3. The molecule has 0 fully saturated rings. The van der Waals surface area contributed by atoms with E-state index in [1.165, 1.54) is 0 Å². The summed E-state index contributed by atoms with van der Waals surface area (Å²) in [5.41, 5.74) is 11.4. The molecule has 0 atom stereocenters. The highest BCUT2D eigenvalue weighted by molar-refractivity contribution is 5.80. The molecule has 0 saturated carbocycles. The van der Waals surface area contributed by atoms with E-state index in [-0.39, 0.29) is 0 Å². The quantitative estimate of drug-likeness (QED) is 0.783. The second kappa shape index (κ2) is 5.38. The Morgan fingerprint density at radius 3 is 2.27 bits per heavy atom. The highest BCUT2D eigenvalue weighted by Gasteiger charge is 2.18. The molecule has 0 saturated heterocycles. The van der Waals surface area contributed by atoms with E-state index in [9.17, 15) is 5.26 Å². The molecule has 0 aliphatic carbocycles. The van der Waals surface area contributed by atoms with Crippen LogP contribution in [-0.2, 0) is 0 Å². The Kier molecular flexibility index (Phi) is 3.40. The van der Waals surface area contributed by atoms with Crippen molar-refractivity contribution in [3.05, 3.63) is 65.4 Å². The number of nitriles is 1. The fourth-order valence-electron chi connectivity index (χ4n) is 2.68. The number of aromatic nitrogens is 2. The molecule has 108 valence electrons. The Hall–Kier alpha value is -3.06. The van der Waals surface area contributed by atoms with E-state index in [1.807, 2.05) is 56.3 Å². The number of benzene rings is 2. The van der Waals surface area contributed by atoms with Crippen LogP contribution in [-0.4, -0.2) is 9.78 Å². The zero-order valence-electron chi connectivity index (χ0n) is 12.5. The summed E-state index contributed by atoms with van der Waals surface area (Å²) in [6.07, 6.45) is 0. The average molecular weight is 288 g/mol. The normalized spacial score (nSPS) is 10.4. The minimum absolute atomic E-state index is 0.339. The van der Waals surface area contributed by atoms with Crippen LogP contribution in [0.1, 0.15) is 16.8 Å². The van der Waals surface area contributed by atoms with Crippen molar-refractivity contribution >= 4 is 5.82 Å². The van der Waals surface area contributed by atoms with Crippen molar-refractivity contribution in [2.45, 2.75) is 13.8 Å². The highest BCUT2D eigenvalue weighted by atomic mass is 15.3. The first kappa shape index (κ1) is 13.9. The number of hydrogen-bond donors (Lipinski definition) is 1. The van der Waals surface area contributed by atoms with E-state index in [4.69, 9.17) is 5.73 Å². The number of nitrogens with two attached hydrogens (primary N) is 1. The second-order valence-corrected chi connectivity index (χ2v) is 5.34. The van der Waals surface area contributed by atoms with Crippen LogP contribution in [0.5, 0.6) is 0 Å².